The van der Waals surface area contributed by atoms with Gasteiger partial charge in [0.15, 0.2) is 0 Å². The number of benzene rings is 2. The standard InChI is InChI=1S/C15H17NO4S/c1-3-20-14-8-10-15(11-9-14)21(18,19)16(2)12-4-6-13(17)7-5-12/h4-11,17H,3H2,1-2H3. The predicted molar refractivity (Wildman–Crippen MR) is 81.3 cm³/mol. The quantitative estimate of drug-likeness (QED) is 0.922. The van der Waals surface area contributed by atoms with Gasteiger partial charge in [0.25, 0.3) is 10.0 Å². The topological polar surface area (TPSA) is 66.8 Å². The van der Waals surface area contributed by atoms with Crippen LogP contribution in [0.15, 0.2) is 53.4 Å². The Balaban J connectivity index is 2.30. The molecule has 2 aromatic rings. The largest absolute Gasteiger partial charge is 0.508 e. The van der Waals surface area contributed by atoms with Crippen molar-refractivity contribution in [2.45, 2.75) is 11.8 Å². The van der Waals surface area contributed by atoms with E-state index in [1.54, 1.807) is 24.3 Å². The summed E-state index contributed by atoms with van der Waals surface area (Å²) >= 11 is 0. The summed E-state index contributed by atoms with van der Waals surface area (Å²) in [6.07, 6.45) is 0. The monoisotopic (exact) mass is 307 g/mol. The van der Waals surface area contributed by atoms with E-state index in [4.69, 9.17) is 4.74 Å². The Morgan fingerprint density at radius 3 is 2.14 bits per heavy atom. The second kappa shape index (κ2) is 6.05. The highest BCUT2D eigenvalue weighted by Gasteiger charge is 2.21. The van der Waals surface area contributed by atoms with E-state index in [2.05, 4.69) is 0 Å². The zero-order chi connectivity index (χ0) is 15.5. The van der Waals surface area contributed by atoms with Crippen molar-refractivity contribution in [2.75, 3.05) is 18.0 Å². The molecular formula is C15H17NO4S. The highest BCUT2D eigenvalue weighted by atomic mass is 32.2. The van der Waals surface area contributed by atoms with Crippen LogP contribution in [0.1, 0.15) is 6.92 Å². The van der Waals surface area contributed by atoms with Gasteiger partial charge in [0.05, 0.1) is 17.2 Å². The zero-order valence-corrected chi connectivity index (χ0v) is 12.7. The maximum atomic E-state index is 12.5. The van der Waals surface area contributed by atoms with Crippen molar-refractivity contribution in [2.24, 2.45) is 0 Å². The summed E-state index contributed by atoms with van der Waals surface area (Å²) in [5, 5.41) is 9.26. The number of hydrogen-bond donors (Lipinski definition) is 1. The number of anilines is 1. The van der Waals surface area contributed by atoms with Crippen molar-refractivity contribution >= 4 is 15.7 Å². The van der Waals surface area contributed by atoms with E-state index < -0.39 is 10.0 Å². The molecular weight excluding hydrogens is 290 g/mol. The van der Waals surface area contributed by atoms with Gasteiger partial charge in [-0.15, -0.1) is 0 Å². The number of nitrogens with zero attached hydrogens (tertiary/aromatic N) is 1. The maximum absolute atomic E-state index is 12.5. The lowest BCUT2D eigenvalue weighted by atomic mass is 10.3. The highest BCUT2D eigenvalue weighted by Crippen LogP contribution is 2.25. The normalized spacial score (nSPS) is 11.1. The molecule has 1 N–H and O–H groups in total. The lowest BCUT2D eigenvalue weighted by molar-refractivity contribution is 0.340. The Bertz CT molecular complexity index is 693. The number of sulfonamides is 1. The second-order valence-electron chi connectivity index (χ2n) is 4.39. The fourth-order valence-electron chi connectivity index (χ4n) is 1.83. The van der Waals surface area contributed by atoms with Crippen LogP contribution in [0.25, 0.3) is 0 Å². The Kier molecular flexibility index (Phi) is 4.37. The first kappa shape index (κ1) is 15.2. The number of phenols is 1. The SMILES string of the molecule is CCOc1ccc(S(=O)(=O)N(C)c2ccc(O)cc2)cc1. The van der Waals surface area contributed by atoms with Gasteiger partial charge in [0.2, 0.25) is 0 Å². The van der Waals surface area contributed by atoms with Crippen molar-refractivity contribution in [3.05, 3.63) is 48.5 Å². The van der Waals surface area contributed by atoms with Crippen LogP contribution in [0.3, 0.4) is 0 Å². The van der Waals surface area contributed by atoms with Gasteiger partial charge in [0.1, 0.15) is 11.5 Å². The van der Waals surface area contributed by atoms with E-state index >= 15 is 0 Å². The van der Waals surface area contributed by atoms with E-state index in [9.17, 15) is 13.5 Å². The van der Waals surface area contributed by atoms with Crippen molar-refractivity contribution in [1.82, 2.24) is 0 Å². The summed E-state index contributed by atoms with van der Waals surface area (Å²) in [4.78, 5) is 0.182. The molecule has 0 atom stereocenters. The van der Waals surface area contributed by atoms with E-state index in [1.807, 2.05) is 6.92 Å². The molecule has 0 saturated heterocycles. The average Bonchev–Trinajstić information content (AvgIpc) is 2.48. The lowest BCUT2D eigenvalue weighted by Gasteiger charge is -2.19. The van der Waals surface area contributed by atoms with Crippen LogP contribution >= 0.6 is 0 Å². The van der Waals surface area contributed by atoms with Gasteiger partial charge in [-0.05, 0) is 55.5 Å². The Morgan fingerprint density at radius 2 is 1.62 bits per heavy atom. The van der Waals surface area contributed by atoms with Crippen LogP contribution < -0.4 is 9.04 Å². The van der Waals surface area contributed by atoms with Gasteiger partial charge >= 0.3 is 0 Å². The molecule has 0 saturated carbocycles. The minimum absolute atomic E-state index is 0.0885. The van der Waals surface area contributed by atoms with E-state index in [-0.39, 0.29) is 10.6 Å². The number of hydrogen-bond acceptors (Lipinski definition) is 4. The van der Waals surface area contributed by atoms with Crippen molar-refractivity contribution < 1.29 is 18.3 Å². The fourth-order valence-corrected chi connectivity index (χ4v) is 3.03. The predicted octanol–water partition coefficient (Wildman–Crippen LogP) is 2.62. The van der Waals surface area contributed by atoms with Gasteiger partial charge in [0, 0.05) is 7.05 Å². The first-order valence-corrected chi connectivity index (χ1v) is 7.90. The molecule has 2 rings (SSSR count). The molecule has 0 bridgehead atoms. The Morgan fingerprint density at radius 1 is 1.05 bits per heavy atom. The van der Waals surface area contributed by atoms with Crippen LogP contribution in [0.2, 0.25) is 0 Å². The summed E-state index contributed by atoms with van der Waals surface area (Å²) < 4.78 is 31.5. The summed E-state index contributed by atoms with van der Waals surface area (Å²) in [7, 11) is -2.17. The molecule has 0 aromatic heterocycles. The van der Waals surface area contributed by atoms with Gasteiger partial charge in [-0.1, -0.05) is 0 Å². The van der Waals surface area contributed by atoms with Gasteiger partial charge < -0.3 is 9.84 Å². The van der Waals surface area contributed by atoms with E-state index in [0.29, 0.717) is 18.0 Å². The van der Waals surface area contributed by atoms with Crippen molar-refractivity contribution in [3.8, 4) is 11.5 Å². The molecule has 0 unspecified atom stereocenters. The van der Waals surface area contributed by atoms with Crippen molar-refractivity contribution in [3.63, 3.8) is 0 Å². The zero-order valence-electron chi connectivity index (χ0n) is 11.9. The Labute approximate surface area is 124 Å². The number of rotatable bonds is 5. The second-order valence-corrected chi connectivity index (χ2v) is 6.36. The molecule has 6 heteroatoms. The summed E-state index contributed by atoms with van der Waals surface area (Å²) in [5.74, 6) is 0.717. The lowest BCUT2D eigenvalue weighted by Crippen LogP contribution is -2.26. The summed E-state index contributed by atoms with van der Waals surface area (Å²) in [6.45, 7) is 2.39. The van der Waals surface area contributed by atoms with Crippen LogP contribution in [0, 0.1) is 0 Å². The maximum Gasteiger partial charge on any atom is 0.264 e. The third kappa shape index (κ3) is 3.28. The van der Waals surface area contributed by atoms with Crippen LogP contribution in [0.5, 0.6) is 11.5 Å². The molecule has 2 aromatic carbocycles. The molecule has 5 nitrogen and oxygen atoms in total. The summed E-state index contributed by atoms with van der Waals surface area (Å²) in [6, 6.07) is 12.2. The molecule has 21 heavy (non-hydrogen) atoms. The first-order chi connectivity index (χ1) is 9.95. The van der Waals surface area contributed by atoms with Gasteiger partial charge in [-0.25, -0.2) is 8.42 Å². The fraction of sp³-hybridized carbons (Fsp3) is 0.200. The minimum Gasteiger partial charge on any atom is -0.508 e. The molecule has 0 amide bonds. The molecule has 0 heterocycles. The highest BCUT2D eigenvalue weighted by molar-refractivity contribution is 7.92. The molecule has 112 valence electrons. The molecule has 0 aliphatic carbocycles. The van der Waals surface area contributed by atoms with Crippen molar-refractivity contribution in [1.29, 1.82) is 0 Å². The van der Waals surface area contributed by atoms with Crippen LogP contribution in [-0.2, 0) is 10.0 Å². The van der Waals surface area contributed by atoms with E-state index in [1.165, 1.54) is 35.6 Å². The first-order valence-electron chi connectivity index (χ1n) is 6.46. The van der Waals surface area contributed by atoms with Crippen LogP contribution in [0.4, 0.5) is 5.69 Å². The molecule has 0 aliphatic heterocycles. The average molecular weight is 307 g/mol. The smallest absolute Gasteiger partial charge is 0.264 e. The molecule has 0 fully saturated rings. The van der Waals surface area contributed by atoms with Gasteiger partial charge in [-0.2, -0.15) is 0 Å². The Hall–Kier alpha value is -2.21. The number of phenolic OH excluding ortho intramolecular Hbond substituents is 1. The molecule has 0 radical (unpaired) electrons. The third-order valence-corrected chi connectivity index (χ3v) is 4.81. The van der Waals surface area contributed by atoms with E-state index in [0.717, 1.165) is 0 Å². The van der Waals surface area contributed by atoms with Crippen LogP contribution in [-0.4, -0.2) is 27.2 Å². The number of ether oxygens (including phenoxy) is 1. The van der Waals surface area contributed by atoms with Gasteiger partial charge in [-0.3, -0.25) is 4.31 Å². The molecule has 0 aliphatic rings. The minimum atomic E-state index is -3.64. The number of aromatic hydroxyl groups is 1. The summed E-state index contributed by atoms with van der Waals surface area (Å²) in [5.41, 5.74) is 0.474. The molecule has 0 spiro atoms. The third-order valence-electron chi connectivity index (χ3n) is 3.01.